The number of benzene rings is 1. The zero-order valence-electron chi connectivity index (χ0n) is 15.8. The molecule has 27 heavy (non-hydrogen) atoms. The van der Waals surface area contributed by atoms with E-state index in [-0.39, 0.29) is 13.0 Å². The zero-order valence-corrected chi connectivity index (χ0v) is 15.8. The van der Waals surface area contributed by atoms with Crippen molar-refractivity contribution in [3.63, 3.8) is 0 Å². The molecule has 1 aromatic carbocycles. The van der Waals surface area contributed by atoms with Gasteiger partial charge in [0.1, 0.15) is 24.6 Å². The van der Waals surface area contributed by atoms with Crippen LogP contribution in [0.4, 0.5) is 0 Å². The molecule has 2 rings (SSSR count). The van der Waals surface area contributed by atoms with Gasteiger partial charge < -0.3 is 23.7 Å². The second kappa shape index (κ2) is 9.36. The third-order valence-electron chi connectivity index (χ3n) is 3.91. The van der Waals surface area contributed by atoms with E-state index in [1.54, 1.807) is 6.07 Å². The lowest BCUT2D eigenvalue weighted by Gasteiger charge is -2.40. The highest BCUT2D eigenvalue weighted by atomic mass is 16.7. The van der Waals surface area contributed by atoms with E-state index in [4.69, 9.17) is 23.7 Å². The summed E-state index contributed by atoms with van der Waals surface area (Å²) in [5.74, 6) is -0.987. The minimum Gasteiger partial charge on any atom is -0.465 e. The second-order valence-corrected chi connectivity index (χ2v) is 6.25. The molecule has 1 aliphatic heterocycles. The Balaban J connectivity index is 2.22. The quantitative estimate of drug-likeness (QED) is 0.545. The van der Waals surface area contributed by atoms with Crippen molar-refractivity contribution in [2.75, 3.05) is 6.61 Å². The van der Waals surface area contributed by atoms with Crippen molar-refractivity contribution in [2.24, 2.45) is 0 Å². The SMILES string of the molecule is CC(=O)OCC1OC(Oc2ccccc2C)CC(OC(C)=O)C1OC(C)=O. The summed E-state index contributed by atoms with van der Waals surface area (Å²) < 4.78 is 27.4. The fraction of sp³-hybridized carbons (Fsp3) is 0.526. The average Bonchev–Trinajstić information content (AvgIpc) is 2.56. The Bertz CT molecular complexity index is 686. The van der Waals surface area contributed by atoms with Crippen LogP contribution >= 0.6 is 0 Å². The molecule has 8 heteroatoms. The van der Waals surface area contributed by atoms with Gasteiger partial charge in [0, 0.05) is 20.8 Å². The van der Waals surface area contributed by atoms with Crippen LogP contribution in [-0.2, 0) is 33.3 Å². The standard InChI is InChI=1S/C19H24O8/c1-11-7-5-6-8-15(11)26-18-9-16(24-13(3)21)19(25-14(4)22)17(27-18)10-23-12(2)20/h5-8,16-19H,9-10H2,1-4H3. The molecule has 0 aromatic heterocycles. The third kappa shape index (κ3) is 6.25. The third-order valence-corrected chi connectivity index (χ3v) is 3.91. The van der Waals surface area contributed by atoms with Gasteiger partial charge in [-0.15, -0.1) is 0 Å². The molecular weight excluding hydrogens is 356 g/mol. The molecule has 0 amide bonds. The molecule has 1 heterocycles. The highest BCUT2D eigenvalue weighted by Gasteiger charge is 2.44. The average molecular weight is 380 g/mol. The minimum absolute atomic E-state index is 0.155. The molecule has 4 atom stereocenters. The van der Waals surface area contributed by atoms with Crippen molar-refractivity contribution < 1.29 is 38.1 Å². The van der Waals surface area contributed by atoms with Gasteiger partial charge in [-0.1, -0.05) is 18.2 Å². The van der Waals surface area contributed by atoms with Crippen LogP contribution in [0.3, 0.4) is 0 Å². The fourth-order valence-corrected chi connectivity index (χ4v) is 2.80. The van der Waals surface area contributed by atoms with Crippen LogP contribution in [0, 0.1) is 6.92 Å². The van der Waals surface area contributed by atoms with Gasteiger partial charge in [-0.25, -0.2) is 0 Å². The lowest BCUT2D eigenvalue weighted by Crippen LogP contribution is -2.54. The Morgan fingerprint density at radius 3 is 2.30 bits per heavy atom. The second-order valence-electron chi connectivity index (χ2n) is 6.25. The molecule has 1 aliphatic rings. The predicted octanol–water partition coefficient (Wildman–Crippen LogP) is 1.92. The number of aryl methyl sites for hydroxylation is 1. The normalized spacial score (nSPS) is 24.6. The first-order valence-electron chi connectivity index (χ1n) is 8.61. The first kappa shape index (κ1) is 20.7. The Morgan fingerprint density at radius 1 is 1.04 bits per heavy atom. The topological polar surface area (TPSA) is 97.4 Å². The molecule has 1 saturated heterocycles. The van der Waals surface area contributed by atoms with Gasteiger partial charge in [0.15, 0.2) is 6.10 Å². The molecule has 8 nitrogen and oxygen atoms in total. The summed E-state index contributed by atoms with van der Waals surface area (Å²) in [6.07, 6.45) is -3.17. The van der Waals surface area contributed by atoms with Crippen LogP contribution in [0.5, 0.6) is 5.75 Å². The molecule has 4 unspecified atom stereocenters. The number of rotatable bonds is 6. The Morgan fingerprint density at radius 2 is 1.70 bits per heavy atom. The van der Waals surface area contributed by atoms with Crippen molar-refractivity contribution in [3.8, 4) is 5.75 Å². The molecule has 1 fully saturated rings. The van der Waals surface area contributed by atoms with E-state index in [0.717, 1.165) is 5.56 Å². The summed E-state index contributed by atoms with van der Waals surface area (Å²) in [6.45, 7) is 5.48. The van der Waals surface area contributed by atoms with Crippen LogP contribution in [0.1, 0.15) is 32.8 Å². The largest absolute Gasteiger partial charge is 0.465 e. The fourth-order valence-electron chi connectivity index (χ4n) is 2.80. The highest BCUT2D eigenvalue weighted by molar-refractivity contribution is 5.67. The van der Waals surface area contributed by atoms with E-state index < -0.39 is 42.5 Å². The van der Waals surface area contributed by atoms with Crippen LogP contribution in [-0.4, -0.2) is 49.1 Å². The highest BCUT2D eigenvalue weighted by Crippen LogP contribution is 2.29. The maximum Gasteiger partial charge on any atom is 0.303 e. The van der Waals surface area contributed by atoms with Crippen LogP contribution in [0.25, 0.3) is 0 Å². The molecule has 0 N–H and O–H groups in total. The molecule has 0 bridgehead atoms. The molecule has 0 saturated carbocycles. The van der Waals surface area contributed by atoms with Crippen molar-refractivity contribution in [1.29, 1.82) is 0 Å². The number of para-hydroxylation sites is 1. The summed E-state index contributed by atoms with van der Waals surface area (Å²) in [5, 5.41) is 0. The van der Waals surface area contributed by atoms with Crippen molar-refractivity contribution in [1.82, 2.24) is 0 Å². The number of hydrogen-bond donors (Lipinski definition) is 0. The number of esters is 3. The van der Waals surface area contributed by atoms with E-state index in [2.05, 4.69) is 0 Å². The number of hydrogen-bond acceptors (Lipinski definition) is 8. The van der Waals surface area contributed by atoms with Crippen molar-refractivity contribution in [2.45, 2.75) is 58.7 Å². The lowest BCUT2D eigenvalue weighted by molar-refractivity contribution is -0.245. The van der Waals surface area contributed by atoms with Gasteiger partial charge in [-0.3, -0.25) is 14.4 Å². The molecule has 148 valence electrons. The first-order valence-corrected chi connectivity index (χ1v) is 8.61. The molecule has 0 aliphatic carbocycles. The maximum absolute atomic E-state index is 11.5. The Kier molecular flexibility index (Phi) is 7.18. The Labute approximate surface area is 157 Å². The molecule has 0 radical (unpaired) electrons. The summed E-state index contributed by atoms with van der Waals surface area (Å²) in [6, 6.07) is 7.39. The summed E-state index contributed by atoms with van der Waals surface area (Å²) in [4.78, 5) is 34.2. The van der Waals surface area contributed by atoms with Gasteiger partial charge in [0.05, 0.1) is 6.42 Å². The van der Waals surface area contributed by atoms with E-state index in [1.807, 2.05) is 25.1 Å². The van der Waals surface area contributed by atoms with Gasteiger partial charge in [-0.05, 0) is 18.6 Å². The summed E-state index contributed by atoms with van der Waals surface area (Å²) >= 11 is 0. The predicted molar refractivity (Wildman–Crippen MR) is 92.8 cm³/mol. The molecule has 1 aromatic rings. The van der Waals surface area contributed by atoms with Crippen molar-refractivity contribution in [3.05, 3.63) is 29.8 Å². The summed E-state index contributed by atoms with van der Waals surface area (Å²) in [7, 11) is 0. The maximum atomic E-state index is 11.5. The molecular formula is C19H24O8. The van der Waals surface area contributed by atoms with Gasteiger partial charge in [0.25, 0.3) is 0 Å². The number of carbonyl (C=O) groups excluding carboxylic acids is 3. The van der Waals surface area contributed by atoms with Gasteiger partial charge in [-0.2, -0.15) is 0 Å². The van der Waals surface area contributed by atoms with Crippen molar-refractivity contribution >= 4 is 17.9 Å². The smallest absolute Gasteiger partial charge is 0.303 e. The molecule has 0 spiro atoms. The van der Waals surface area contributed by atoms with Gasteiger partial charge >= 0.3 is 17.9 Å². The van der Waals surface area contributed by atoms with Crippen LogP contribution in [0.15, 0.2) is 24.3 Å². The minimum atomic E-state index is -0.914. The van der Waals surface area contributed by atoms with Crippen LogP contribution < -0.4 is 4.74 Å². The summed E-state index contributed by atoms with van der Waals surface area (Å²) in [5.41, 5.74) is 0.906. The van der Waals surface area contributed by atoms with E-state index >= 15 is 0 Å². The van der Waals surface area contributed by atoms with Gasteiger partial charge in [0.2, 0.25) is 6.29 Å². The van der Waals surface area contributed by atoms with E-state index in [0.29, 0.717) is 5.75 Å². The number of ether oxygens (including phenoxy) is 5. The van der Waals surface area contributed by atoms with E-state index in [1.165, 1.54) is 20.8 Å². The van der Waals surface area contributed by atoms with Crippen LogP contribution in [0.2, 0.25) is 0 Å². The first-order chi connectivity index (χ1) is 12.8. The number of carbonyl (C=O) groups is 3. The van der Waals surface area contributed by atoms with E-state index in [9.17, 15) is 14.4 Å². The monoisotopic (exact) mass is 380 g/mol. The lowest BCUT2D eigenvalue weighted by atomic mass is 10.0. The zero-order chi connectivity index (χ0) is 20.0. The Hall–Kier alpha value is -2.61.